The fourth-order valence-corrected chi connectivity index (χ4v) is 1.18. The summed E-state index contributed by atoms with van der Waals surface area (Å²) in [5.41, 5.74) is 0. The second-order valence-corrected chi connectivity index (χ2v) is 3.47. The van der Waals surface area contributed by atoms with Gasteiger partial charge >= 0.3 is 0 Å². The highest BCUT2D eigenvalue weighted by molar-refractivity contribution is 5.75. The first-order valence-corrected chi connectivity index (χ1v) is 5.17. The molecule has 0 aromatic rings. The molecule has 14 heavy (non-hydrogen) atoms. The van der Waals surface area contributed by atoms with Gasteiger partial charge in [0.25, 0.3) is 0 Å². The van der Waals surface area contributed by atoms with Crippen LogP contribution >= 0.6 is 0 Å². The second kappa shape index (κ2) is 8.97. The third kappa shape index (κ3) is 8.01. The number of ether oxygens (including phenoxy) is 1. The third-order valence-corrected chi connectivity index (χ3v) is 1.85. The van der Waals surface area contributed by atoms with E-state index < -0.39 is 0 Å². The zero-order valence-electron chi connectivity index (χ0n) is 9.43. The van der Waals surface area contributed by atoms with E-state index in [4.69, 9.17) is 4.74 Å². The van der Waals surface area contributed by atoms with E-state index in [-0.39, 0.29) is 5.91 Å². The molecule has 84 valence electrons. The van der Waals surface area contributed by atoms with Gasteiger partial charge in [0.1, 0.15) is 0 Å². The van der Waals surface area contributed by atoms with Crippen LogP contribution in [-0.4, -0.2) is 39.3 Å². The highest BCUT2D eigenvalue weighted by Crippen LogP contribution is 1.91. The Hall–Kier alpha value is -0.610. The zero-order valence-corrected chi connectivity index (χ0v) is 9.43. The molecule has 0 radical (unpaired) electrons. The zero-order chi connectivity index (χ0) is 10.8. The Kier molecular flexibility index (Phi) is 8.57. The normalized spacial score (nSPS) is 12.5. The lowest BCUT2D eigenvalue weighted by atomic mass is 10.2. The van der Waals surface area contributed by atoms with Gasteiger partial charge in [-0.25, -0.2) is 0 Å². The molecule has 0 heterocycles. The van der Waals surface area contributed by atoms with E-state index >= 15 is 0 Å². The standard InChI is InChI=1S/C10H22N2O2/c1-4-12-10(13)5-6-11-7-9(2)8-14-3/h9,11H,4-8H2,1-3H3,(H,12,13). The lowest BCUT2D eigenvalue weighted by Crippen LogP contribution is -2.30. The van der Waals surface area contributed by atoms with Crippen LogP contribution < -0.4 is 10.6 Å². The van der Waals surface area contributed by atoms with E-state index in [2.05, 4.69) is 17.6 Å². The molecular weight excluding hydrogens is 180 g/mol. The largest absolute Gasteiger partial charge is 0.384 e. The van der Waals surface area contributed by atoms with Gasteiger partial charge < -0.3 is 15.4 Å². The van der Waals surface area contributed by atoms with Crippen molar-refractivity contribution in [2.24, 2.45) is 5.92 Å². The number of methoxy groups -OCH3 is 1. The fraction of sp³-hybridized carbons (Fsp3) is 0.900. The van der Waals surface area contributed by atoms with Crippen molar-refractivity contribution in [2.75, 3.05) is 33.4 Å². The molecule has 1 unspecified atom stereocenters. The molecule has 0 fully saturated rings. The summed E-state index contributed by atoms with van der Waals surface area (Å²) in [5.74, 6) is 0.605. The van der Waals surface area contributed by atoms with E-state index in [1.54, 1.807) is 7.11 Å². The topological polar surface area (TPSA) is 50.4 Å². The van der Waals surface area contributed by atoms with Crippen molar-refractivity contribution >= 4 is 5.91 Å². The van der Waals surface area contributed by atoms with Crippen molar-refractivity contribution in [1.29, 1.82) is 0 Å². The molecule has 0 rings (SSSR count). The van der Waals surface area contributed by atoms with Crippen LogP contribution in [0.1, 0.15) is 20.3 Å². The number of hydrogen-bond donors (Lipinski definition) is 2. The molecule has 4 heteroatoms. The summed E-state index contributed by atoms with van der Waals surface area (Å²) in [5, 5.41) is 5.97. The first-order valence-electron chi connectivity index (χ1n) is 5.17. The van der Waals surface area contributed by atoms with Crippen LogP contribution in [-0.2, 0) is 9.53 Å². The average Bonchev–Trinajstić information content (AvgIpc) is 2.13. The third-order valence-electron chi connectivity index (χ3n) is 1.85. The molecule has 4 nitrogen and oxygen atoms in total. The molecule has 0 aliphatic carbocycles. The van der Waals surface area contributed by atoms with E-state index in [0.717, 1.165) is 19.7 Å². The minimum absolute atomic E-state index is 0.111. The van der Waals surface area contributed by atoms with Crippen LogP contribution in [0, 0.1) is 5.92 Å². The molecule has 2 N–H and O–H groups in total. The first-order chi connectivity index (χ1) is 6.70. The summed E-state index contributed by atoms with van der Waals surface area (Å²) >= 11 is 0. The number of hydrogen-bond acceptors (Lipinski definition) is 3. The average molecular weight is 202 g/mol. The lowest BCUT2D eigenvalue weighted by Gasteiger charge is -2.10. The Labute approximate surface area is 86.4 Å². The maximum atomic E-state index is 11.0. The monoisotopic (exact) mass is 202 g/mol. The van der Waals surface area contributed by atoms with Gasteiger partial charge in [-0.05, 0) is 19.4 Å². The molecule has 0 spiro atoms. The van der Waals surface area contributed by atoms with Gasteiger partial charge in [-0.15, -0.1) is 0 Å². The summed E-state index contributed by atoms with van der Waals surface area (Å²) in [6.07, 6.45) is 0.549. The van der Waals surface area contributed by atoms with Gasteiger partial charge in [0.2, 0.25) is 5.91 Å². The van der Waals surface area contributed by atoms with Crippen molar-refractivity contribution in [1.82, 2.24) is 10.6 Å². The Morgan fingerprint density at radius 1 is 1.50 bits per heavy atom. The van der Waals surface area contributed by atoms with E-state index in [9.17, 15) is 4.79 Å². The number of rotatable bonds is 8. The summed E-state index contributed by atoms with van der Waals surface area (Å²) < 4.78 is 5.00. The summed E-state index contributed by atoms with van der Waals surface area (Å²) in [6.45, 7) is 7.13. The maximum Gasteiger partial charge on any atom is 0.221 e. The Morgan fingerprint density at radius 3 is 2.79 bits per heavy atom. The van der Waals surface area contributed by atoms with E-state index in [1.807, 2.05) is 6.92 Å². The van der Waals surface area contributed by atoms with Gasteiger partial charge in [-0.1, -0.05) is 6.92 Å². The predicted octanol–water partition coefficient (Wildman–Crippen LogP) is 0.385. The number of nitrogens with one attached hydrogen (secondary N) is 2. The Morgan fingerprint density at radius 2 is 2.21 bits per heavy atom. The highest BCUT2D eigenvalue weighted by atomic mass is 16.5. The number of amides is 1. The summed E-state index contributed by atoms with van der Waals surface area (Å²) in [4.78, 5) is 11.0. The van der Waals surface area contributed by atoms with E-state index in [0.29, 0.717) is 18.9 Å². The quantitative estimate of drug-likeness (QED) is 0.560. The minimum atomic E-state index is 0.111. The molecule has 1 atom stereocenters. The van der Waals surface area contributed by atoms with E-state index in [1.165, 1.54) is 0 Å². The van der Waals surface area contributed by atoms with Crippen molar-refractivity contribution in [2.45, 2.75) is 20.3 Å². The van der Waals surface area contributed by atoms with Gasteiger partial charge in [0.05, 0.1) is 0 Å². The first kappa shape index (κ1) is 13.4. The Bertz CT molecular complexity index is 151. The highest BCUT2D eigenvalue weighted by Gasteiger charge is 2.01. The SMILES string of the molecule is CCNC(=O)CCNCC(C)COC. The smallest absolute Gasteiger partial charge is 0.221 e. The molecular formula is C10H22N2O2. The summed E-state index contributed by atoms with van der Waals surface area (Å²) in [7, 11) is 1.70. The summed E-state index contributed by atoms with van der Waals surface area (Å²) in [6, 6.07) is 0. The van der Waals surface area contributed by atoms with Gasteiger partial charge in [0, 0.05) is 33.2 Å². The van der Waals surface area contributed by atoms with Crippen LogP contribution in [0.15, 0.2) is 0 Å². The second-order valence-electron chi connectivity index (χ2n) is 3.47. The minimum Gasteiger partial charge on any atom is -0.384 e. The van der Waals surface area contributed by atoms with Gasteiger partial charge in [0.15, 0.2) is 0 Å². The van der Waals surface area contributed by atoms with Crippen LogP contribution in [0.3, 0.4) is 0 Å². The predicted molar refractivity (Wildman–Crippen MR) is 57.2 cm³/mol. The van der Waals surface area contributed by atoms with Crippen molar-refractivity contribution in [3.63, 3.8) is 0 Å². The van der Waals surface area contributed by atoms with Crippen molar-refractivity contribution in [3.8, 4) is 0 Å². The van der Waals surface area contributed by atoms with Gasteiger partial charge in [-0.2, -0.15) is 0 Å². The lowest BCUT2D eigenvalue weighted by molar-refractivity contribution is -0.120. The molecule has 1 amide bonds. The van der Waals surface area contributed by atoms with Crippen molar-refractivity contribution < 1.29 is 9.53 Å². The molecule has 0 aromatic heterocycles. The molecule has 0 bridgehead atoms. The number of carbonyl (C=O) groups is 1. The van der Waals surface area contributed by atoms with Crippen LogP contribution in [0.4, 0.5) is 0 Å². The molecule has 0 aromatic carbocycles. The molecule has 0 aliphatic heterocycles. The Balaban J connectivity index is 3.24. The maximum absolute atomic E-state index is 11.0. The van der Waals surface area contributed by atoms with Crippen molar-refractivity contribution in [3.05, 3.63) is 0 Å². The molecule has 0 saturated carbocycles. The fourth-order valence-electron chi connectivity index (χ4n) is 1.18. The number of carbonyl (C=O) groups excluding carboxylic acids is 1. The van der Waals surface area contributed by atoms with Gasteiger partial charge in [-0.3, -0.25) is 4.79 Å². The van der Waals surface area contributed by atoms with Crippen LogP contribution in [0.5, 0.6) is 0 Å². The van der Waals surface area contributed by atoms with Crippen LogP contribution in [0.25, 0.3) is 0 Å². The molecule has 0 aliphatic rings. The van der Waals surface area contributed by atoms with Crippen LogP contribution in [0.2, 0.25) is 0 Å². The molecule has 0 saturated heterocycles.